The molecule has 1 aromatic carbocycles. The number of hydrogen-bond acceptors (Lipinski definition) is 6. The van der Waals surface area contributed by atoms with Crippen molar-refractivity contribution in [1.82, 2.24) is 4.31 Å². The summed E-state index contributed by atoms with van der Waals surface area (Å²) in [5.41, 5.74) is 1.25. The molecule has 0 radical (unpaired) electrons. The van der Waals surface area contributed by atoms with Gasteiger partial charge < -0.3 is 9.84 Å². The molecular weight excluding hydrogens is 421 g/mol. The normalized spacial score (nSPS) is 19.6. The molecule has 2 atom stereocenters. The summed E-state index contributed by atoms with van der Waals surface area (Å²) in [7, 11) is -1.34. The zero-order valence-electron chi connectivity index (χ0n) is 13.8. The molecule has 0 fully saturated rings. The van der Waals surface area contributed by atoms with Gasteiger partial charge in [-0.05, 0) is 35.4 Å². The van der Waals surface area contributed by atoms with E-state index in [2.05, 4.69) is 4.74 Å². The predicted octanol–water partition coefficient (Wildman–Crippen LogP) is 3.12. The molecule has 0 saturated carbocycles. The molecule has 1 aliphatic rings. The summed E-state index contributed by atoms with van der Waals surface area (Å²) in [6.07, 6.45) is -0.728. The third-order valence-corrected chi connectivity index (χ3v) is 8.21. The molecule has 0 bridgehead atoms. The Morgan fingerprint density at radius 3 is 2.69 bits per heavy atom. The zero-order chi connectivity index (χ0) is 19.2. The lowest BCUT2D eigenvalue weighted by Gasteiger charge is -2.26. The first kappa shape index (κ1) is 19.6. The Bertz CT molecular complexity index is 973. The first-order valence-corrected chi connectivity index (χ1v) is 10.5. The van der Waals surface area contributed by atoms with Crippen molar-refractivity contribution in [2.24, 2.45) is 0 Å². The second-order valence-corrected chi connectivity index (χ2v) is 9.95. The van der Waals surface area contributed by atoms with E-state index in [1.807, 2.05) is 0 Å². The number of fused-ring (bicyclic) bond motifs is 1. The molecule has 1 aromatic heterocycles. The van der Waals surface area contributed by atoms with E-state index in [0.717, 1.165) is 15.6 Å². The second-order valence-electron chi connectivity index (χ2n) is 5.80. The van der Waals surface area contributed by atoms with Gasteiger partial charge in [-0.1, -0.05) is 23.2 Å². The Morgan fingerprint density at radius 2 is 2.04 bits per heavy atom. The fourth-order valence-electron chi connectivity index (χ4n) is 3.03. The highest BCUT2D eigenvalue weighted by Crippen LogP contribution is 2.43. The molecule has 26 heavy (non-hydrogen) atoms. The van der Waals surface area contributed by atoms with Crippen molar-refractivity contribution in [2.75, 3.05) is 14.2 Å². The lowest BCUT2D eigenvalue weighted by Crippen LogP contribution is -2.35. The quantitative estimate of drug-likeness (QED) is 0.745. The molecule has 3 rings (SSSR count). The van der Waals surface area contributed by atoms with Crippen molar-refractivity contribution in [3.05, 3.63) is 50.3 Å². The van der Waals surface area contributed by atoms with Crippen LogP contribution in [0, 0.1) is 0 Å². The first-order chi connectivity index (χ1) is 12.2. The molecule has 0 amide bonds. The Kier molecular flexibility index (Phi) is 5.35. The number of benzene rings is 1. The van der Waals surface area contributed by atoms with Gasteiger partial charge in [0.05, 0.1) is 19.3 Å². The smallest absolute Gasteiger partial charge is 0.348 e. The van der Waals surface area contributed by atoms with Gasteiger partial charge in [0, 0.05) is 23.5 Å². The summed E-state index contributed by atoms with van der Waals surface area (Å²) in [5, 5.41) is 11.2. The first-order valence-electron chi connectivity index (χ1n) is 7.49. The van der Waals surface area contributed by atoms with E-state index in [0.29, 0.717) is 21.2 Å². The number of hydrogen-bond donors (Lipinski definition) is 1. The third kappa shape index (κ3) is 3.26. The SMILES string of the molecule is COC(=O)c1ccc(S(=O)(=O)N(C)[C@@H]2c3cc(Cl)cc(Cl)c3C[C@H]2O)s1. The lowest BCUT2D eigenvalue weighted by molar-refractivity contribution is 0.0606. The van der Waals surface area contributed by atoms with Crippen LogP contribution in [0.3, 0.4) is 0 Å². The van der Waals surface area contributed by atoms with E-state index < -0.39 is 28.1 Å². The van der Waals surface area contributed by atoms with Crippen LogP contribution in [0.2, 0.25) is 10.0 Å². The predicted molar refractivity (Wildman–Crippen MR) is 99.5 cm³/mol. The number of sulfonamides is 1. The molecule has 0 unspecified atom stereocenters. The van der Waals surface area contributed by atoms with Gasteiger partial charge in [-0.3, -0.25) is 0 Å². The van der Waals surface area contributed by atoms with Crippen LogP contribution in [0.1, 0.15) is 26.8 Å². The maximum Gasteiger partial charge on any atom is 0.348 e. The molecule has 1 aliphatic carbocycles. The van der Waals surface area contributed by atoms with Crippen molar-refractivity contribution in [2.45, 2.75) is 22.8 Å². The average molecular weight is 436 g/mol. The number of rotatable bonds is 4. The molecular formula is C16H15Cl2NO5S2. The summed E-state index contributed by atoms with van der Waals surface area (Å²) < 4.78 is 31.6. The number of carbonyl (C=O) groups is 1. The van der Waals surface area contributed by atoms with Gasteiger partial charge >= 0.3 is 5.97 Å². The topological polar surface area (TPSA) is 83.9 Å². The molecule has 1 N–H and O–H groups in total. The summed E-state index contributed by atoms with van der Waals surface area (Å²) >= 11 is 13.0. The van der Waals surface area contributed by atoms with Crippen LogP contribution in [0.4, 0.5) is 0 Å². The van der Waals surface area contributed by atoms with Crippen LogP contribution in [-0.2, 0) is 21.2 Å². The Hall–Kier alpha value is -1.16. The number of halogens is 2. The van der Waals surface area contributed by atoms with E-state index >= 15 is 0 Å². The van der Waals surface area contributed by atoms with Crippen molar-refractivity contribution in [1.29, 1.82) is 0 Å². The Morgan fingerprint density at radius 1 is 1.35 bits per heavy atom. The third-order valence-electron chi connectivity index (χ3n) is 4.28. The van der Waals surface area contributed by atoms with Crippen LogP contribution in [0.25, 0.3) is 0 Å². The fraction of sp³-hybridized carbons (Fsp3) is 0.312. The van der Waals surface area contributed by atoms with Gasteiger partial charge in [0.2, 0.25) is 0 Å². The van der Waals surface area contributed by atoms with Crippen LogP contribution < -0.4 is 0 Å². The standard InChI is InChI=1S/C16H15Cl2NO5S2/c1-19(26(22,23)14-4-3-13(25-14)16(21)24-2)15-10-5-8(17)6-11(18)9(10)7-12(15)20/h3-6,12,15,20H,7H2,1-2H3/t12-,15-/m1/s1. The number of methoxy groups -OCH3 is 1. The molecule has 140 valence electrons. The van der Waals surface area contributed by atoms with Gasteiger partial charge in [0.1, 0.15) is 9.09 Å². The maximum absolute atomic E-state index is 13.0. The van der Waals surface area contributed by atoms with Crippen LogP contribution in [0.5, 0.6) is 0 Å². The molecule has 0 spiro atoms. The largest absolute Gasteiger partial charge is 0.465 e. The number of ether oxygens (including phenoxy) is 1. The van der Waals surface area contributed by atoms with E-state index in [-0.39, 0.29) is 15.5 Å². The van der Waals surface area contributed by atoms with Gasteiger partial charge in [-0.15, -0.1) is 11.3 Å². The van der Waals surface area contributed by atoms with Crippen molar-refractivity contribution >= 4 is 50.5 Å². The average Bonchev–Trinajstić information content (AvgIpc) is 3.18. The van der Waals surface area contributed by atoms with Crippen molar-refractivity contribution < 1.29 is 23.1 Å². The van der Waals surface area contributed by atoms with Crippen LogP contribution >= 0.6 is 34.5 Å². The van der Waals surface area contributed by atoms with Crippen LogP contribution in [0.15, 0.2) is 28.5 Å². The van der Waals surface area contributed by atoms with Crippen LogP contribution in [-0.4, -0.2) is 44.1 Å². The summed E-state index contributed by atoms with van der Waals surface area (Å²) in [4.78, 5) is 11.8. The minimum atomic E-state index is -3.95. The molecule has 2 aromatic rings. The minimum absolute atomic E-state index is 0.0193. The summed E-state index contributed by atoms with van der Waals surface area (Å²) in [6, 6.07) is 5.09. The highest BCUT2D eigenvalue weighted by molar-refractivity contribution is 7.91. The van der Waals surface area contributed by atoms with Crippen molar-refractivity contribution in [3.63, 3.8) is 0 Å². The second kappa shape index (κ2) is 7.10. The highest BCUT2D eigenvalue weighted by atomic mass is 35.5. The Labute approximate surface area is 165 Å². The molecule has 0 saturated heterocycles. The highest BCUT2D eigenvalue weighted by Gasteiger charge is 2.41. The number of likely N-dealkylation sites (N-methyl/N-ethyl adjacent to an activating group) is 1. The minimum Gasteiger partial charge on any atom is -0.465 e. The van der Waals surface area contributed by atoms with Crippen molar-refractivity contribution in [3.8, 4) is 0 Å². The number of thiophene rings is 1. The summed E-state index contributed by atoms with van der Waals surface area (Å²) in [6.45, 7) is 0. The van der Waals surface area contributed by atoms with Gasteiger partial charge in [0.15, 0.2) is 0 Å². The number of aliphatic hydroxyl groups is 1. The molecule has 1 heterocycles. The molecule has 0 aliphatic heterocycles. The van der Waals surface area contributed by atoms with E-state index in [1.54, 1.807) is 12.1 Å². The van der Waals surface area contributed by atoms with E-state index in [4.69, 9.17) is 23.2 Å². The zero-order valence-corrected chi connectivity index (χ0v) is 16.9. The lowest BCUT2D eigenvalue weighted by atomic mass is 10.1. The van der Waals surface area contributed by atoms with Gasteiger partial charge in [-0.2, -0.15) is 4.31 Å². The number of esters is 1. The molecule has 10 heteroatoms. The van der Waals surface area contributed by atoms with Gasteiger partial charge in [0.25, 0.3) is 10.0 Å². The number of aliphatic hydroxyl groups excluding tert-OH is 1. The van der Waals surface area contributed by atoms with E-state index in [9.17, 15) is 18.3 Å². The Balaban J connectivity index is 2.00. The number of carbonyl (C=O) groups excluding carboxylic acids is 1. The maximum atomic E-state index is 13.0. The summed E-state index contributed by atoms with van der Waals surface area (Å²) in [5.74, 6) is -0.607. The van der Waals surface area contributed by atoms with E-state index in [1.165, 1.54) is 26.3 Å². The fourth-order valence-corrected chi connectivity index (χ4v) is 6.39. The monoisotopic (exact) mass is 435 g/mol. The van der Waals surface area contributed by atoms with Gasteiger partial charge in [-0.25, -0.2) is 13.2 Å². The molecule has 6 nitrogen and oxygen atoms in total. The number of nitrogens with zero attached hydrogens (tertiary/aromatic N) is 1.